The van der Waals surface area contributed by atoms with Crippen LogP contribution in [-0.2, 0) is 6.54 Å². The van der Waals surface area contributed by atoms with E-state index in [1.807, 2.05) is 19.9 Å². The van der Waals surface area contributed by atoms with Gasteiger partial charge in [-0.05, 0) is 50.5 Å². The summed E-state index contributed by atoms with van der Waals surface area (Å²) in [7, 11) is 0. The van der Waals surface area contributed by atoms with E-state index in [1.54, 1.807) is 6.07 Å². The third-order valence-electron chi connectivity index (χ3n) is 5.47. The fraction of sp³-hybridized carbons (Fsp3) is 0.435. The molecule has 0 radical (unpaired) electrons. The Kier molecular flexibility index (Phi) is 6.75. The fourth-order valence-electron chi connectivity index (χ4n) is 3.98. The third-order valence-corrected chi connectivity index (χ3v) is 5.47. The molecule has 0 spiro atoms. The van der Waals surface area contributed by atoms with Crippen LogP contribution < -0.4 is 14.8 Å². The van der Waals surface area contributed by atoms with E-state index in [4.69, 9.17) is 13.9 Å². The van der Waals surface area contributed by atoms with Gasteiger partial charge in [-0.2, -0.15) is 4.98 Å². The van der Waals surface area contributed by atoms with Gasteiger partial charge < -0.3 is 19.2 Å². The van der Waals surface area contributed by atoms with E-state index in [1.165, 1.54) is 17.7 Å². The van der Waals surface area contributed by atoms with Crippen LogP contribution in [0.4, 0.5) is 11.7 Å². The third kappa shape index (κ3) is 5.28. The molecule has 0 amide bonds. The number of benzene rings is 2. The summed E-state index contributed by atoms with van der Waals surface area (Å²) in [5.74, 6) is 1.67. The fourth-order valence-corrected chi connectivity index (χ4v) is 3.98. The molecule has 0 saturated carbocycles. The average molecular weight is 441 g/mol. The normalized spacial score (nSPS) is 15.1. The van der Waals surface area contributed by atoms with Crippen LogP contribution in [0.1, 0.15) is 32.3 Å². The molecular weight excluding hydrogens is 412 g/mol. The number of anilines is 1. The standard InChI is InChI=1S/C23H28N4O5/c1-3-30-19-11-16(12-20(14-19)31-4-2)15-26-9-7-17(8-10-26)24-23-25-21-13-18(27(28)29)5-6-22(21)32-23/h5-6,11-14,17H,3-4,7-10,15H2,1-2H3,(H,24,25). The number of likely N-dealkylation sites (tertiary alicyclic amines) is 1. The quantitative estimate of drug-likeness (QED) is 0.380. The molecule has 1 saturated heterocycles. The molecule has 9 nitrogen and oxygen atoms in total. The molecule has 32 heavy (non-hydrogen) atoms. The number of piperidine rings is 1. The number of oxazole rings is 1. The molecule has 2 aromatic carbocycles. The van der Waals surface area contributed by atoms with E-state index >= 15 is 0 Å². The number of rotatable bonds is 9. The molecule has 3 aromatic rings. The molecule has 0 bridgehead atoms. The highest BCUT2D eigenvalue weighted by Gasteiger charge is 2.21. The molecule has 2 heterocycles. The first-order chi connectivity index (χ1) is 15.5. The van der Waals surface area contributed by atoms with Crippen LogP contribution in [0.15, 0.2) is 40.8 Å². The lowest BCUT2D eigenvalue weighted by atomic mass is 10.0. The minimum Gasteiger partial charge on any atom is -0.494 e. The highest BCUT2D eigenvalue weighted by Crippen LogP contribution is 2.27. The molecule has 1 aliphatic rings. The number of fused-ring (bicyclic) bond motifs is 1. The molecule has 4 rings (SSSR count). The zero-order valence-electron chi connectivity index (χ0n) is 18.4. The summed E-state index contributed by atoms with van der Waals surface area (Å²) in [5.41, 5.74) is 2.20. The van der Waals surface area contributed by atoms with Crippen LogP contribution in [0.5, 0.6) is 11.5 Å². The van der Waals surface area contributed by atoms with Crippen molar-refractivity contribution in [1.29, 1.82) is 0 Å². The van der Waals surface area contributed by atoms with E-state index in [2.05, 4.69) is 27.3 Å². The number of ether oxygens (including phenoxy) is 2. The lowest BCUT2D eigenvalue weighted by Gasteiger charge is -2.32. The average Bonchev–Trinajstić information content (AvgIpc) is 3.17. The molecule has 1 aliphatic heterocycles. The molecule has 9 heteroatoms. The summed E-state index contributed by atoms with van der Waals surface area (Å²) in [6.45, 7) is 7.90. The van der Waals surface area contributed by atoms with Gasteiger partial charge in [-0.15, -0.1) is 0 Å². The second kappa shape index (κ2) is 9.86. The first-order valence-corrected chi connectivity index (χ1v) is 11.0. The summed E-state index contributed by atoms with van der Waals surface area (Å²) >= 11 is 0. The summed E-state index contributed by atoms with van der Waals surface area (Å²) < 4.78 is 17.1. The SMILES string of the molecule is CCOc1cc(CN2CCC(Nc3nc4cc([N+](=O)[O-])ccc4o3)CC2)cc(OCC)c1. The summed E-state index contributed by atoms with van der Waals surface area (Å²) in [5, 5.41) is 14.3. The van der Waals surface area contributed by atoms with Gasteiger partial charge >= 0.3 is 0 Å². The highest BCUT2D eigenvalue weighted by atomic mass is 16.6. The number of nitro groups is 1. The van der Waals surface area contributed by atoms with Gasteiger partial charge in [0.15, 0.2) is 5.58 Å². The van der Waals surface area contributed by atoms with Gasteiger partial charge in [-0.25, -0.2) is 0 Å². The van der Waals surface area contributed by atoms with Crippen molar-refractivity contribution in [2.75, 3.05) is 31.6 Å². The Morgan fingerprint density at radius 1 is 1.12 bits per heavy atom. The highest BCUT2D eigenvalue weighted by molar-refractivity contribution is 5.77. The maximum Gasteiger partial charge on any atom is 0.295 e. The number of nitrogens with one attached hydrogen (secondary N) is 1. The van der Waals surface area contributed by atoms with Crippen LogP contribution >= 0.6 is 0 Å². The lowest BCUT2D eigenvalue weighted by Crippen LogP contribution is -2.38. The van der Waals surface area contributed by atoms with Gasteiger partial charge in [0.25, 0.3) is 11.7 Å². The molecule has 1 aromatic heterocycles. The predicted molar refractivity (Wildman–Crippen MR) is 121 cm³/mol. The van der Waals surface area contributed by atoms with Crippen molar-refractivity contribution in [3.63, 3.8) is 0 Å². The Hall–Kier alpha value is -3.33. The van der Waals surface area contributed by atoms with Crippen molar-refractivity contribution in [2.24, 2.45) is 0 Å². The first kappa shape index (κ1) is 21.9. The van der Waals surface area contributed by atoms with Gasteiger partial charge in [0.05, 0.1) is 18.1 Å². The molecule has 170 valence electrons. The zero-order chi connectivity index (χ0) is 22.5. The van der Waals surface area contributed by atoms with Crippen molar-refractivity contribution in [3.05, 3.63) is 52.1 Å². The molecule has 1 fully saturated rings. The van der Waals surface area contributed by atoms with Crippen LogP contribution in [0.3, 0.4) is 0 Å². The van der Waals surface area contributed by atoms with E-state index in [0.717, 1.165) is 44.0 Å². The second-order valence-corrected chi connectivity index (χ2v) is 7.80. The topological polar surface area (TPSA) is 103 Å². The minimum absolute atomic E-state index is 0.00607. The maximum absolute atomic E-state index is 10.9. The minimum atomic E-state index is -0.432. The van der Waals surface area contributed by atoms with Crippen LogP contribution in [0.25, 0.3) is 11.1 Å². The maximum atomic E-state index is 10.9. The van der Waals surface area contributed by atoms with E-state index in [-0.39, 0.29) is 11.7 Å². The molecule has 0 atom stereocenters. The van der Waals surface area contributed by atoms with Crippen LogP contribution in [-0.4, -0.2) is 47.2 Å². The number of hydrogen-bond donors (Lipinski definition) is 1. The lowest BCUT2D eigenvalue weighted by molar-refractivity contribution is -0.384. The summed E-state index contributed by atoms with van der Waals surface area (Å²) in [6.07, 6.45) is 1.89. The zero-order valence-corrected chi connectivity index (χ0v) is 18.4. The van der Waals surface area contributed by atoms with Crippen molar-refractivity contribution < 1.29 is 18.8 Å². The summed E-state index contributed by atoms with van der Waals surface area (Å²) in [6, 6.07) is 11.2. The van der Waals surface area contributed by atoms with Gasteiger partial charge in [0, 0.05) is 43.9 Å². The second-order valence-electron chi connectivity index (χ2n) is 7.80. The number of non-ortho nitro benzene ring substituents is 1. The molecule has 0 unspecified atom stereocenters. The van der Waals surface area contributed by atoms with Gasteiger partial charge in [0.2, 0.25) is 0 Å². The van der Waals surface area contributed by atoms with Gasteiger partial charge in [0.1, 0.15) is 17.0 Å². The smallest absolute Gasteiger partial charge is 0.295 e. The van der Waals surface area contributed by atoms with Crippen LogP contribution in [0.2, 0.25) is 0 Å². The van der Waals surface area contributed by atoms with Crippen molar-refractivity contribution >= 4 is 22.8 Å². The van der Waals surface area contributed by atoms with E-state index < -0.39 is 4.92 Å². The van der Waals surface area contributed by atoms with Crippen molar-refractivity contribution in [2.45, 2.75) is 39.3 Å². The Morgan fingerprint density at radius 3 is 2.44 bits per heavy atom. The van der Waals surface area contributed by atoms with Crippen LogP contribution in [0, 0.1) is 10.1 Å². The molecule has 0 aliphatic carbocycles. The number of nitro benzene ring substituents is 1. The number of aromatic nitrogens is 1. The first-order valence-electron chi connectivity index (χ1n) is 11.0. The van der Waals surface area contributed by atoms with E-state index in [9.17, 15) is 10.1 Å². The molecular formula is C23H28N4O5. The number of nitrogens with zero attached hydrogens (tertiary/aromatic N) is 3. The van der Waals surface area contributed by atoms with Gasteiger partial charge in [-0.1, -0.05) is 0 Å². The van der Waals surface area contributed by atoms with E-state index in [0.29, 0.717) is 30.3 Å². The molecule has 1 N–H and O–H groups in total. The van der Waals surface area contributed by atoms with Gasteiger partial charge in [-0.3, -0.25) is 15.0 Å². The Bertz CT molecular complexity index is 1050. The van der Waals surface area contributed by atoms with Crippen molar-refractivity contribution in [3.8, 4) is 11.5 Å². The van der Waals surface area contributed by atoms with Crippen molar-refractivity contribution in [1.82, 2.24) is 9.88 Å². The largest absolute Gasteiger partial charge is 0.494 e. The summed E-state index contributed by atoms with van der Waals surface area (Å²) in [4.78, 5) is 17.3. The Labute approximate surface area is 186 Å². The Balaban J connectivity index is 1.34. The number of hydrogen-bond acceptors (Lipinski definition) is 8. The predicted octanol–water partition coefficient (Wildman–Crippen LogP) is 4.61. The Morgan fingerprint density at radius 2 is 1.81 bits per heavy atom. The monoisotopic (exact) mass is 440 g/mol.